The molecule has 0 radical (unpaired) electrons. The van der Waals surface area contributed by atoms with Crippen LogP contribution in [0.25, 0.3) is 0 Å². The van der Waals surface area contributed by atoms with Crippen LogP contribution in [0.1, 0.15) is 5.56 Å². The average Bonchev–Trinajstić information content (AvgIpc) is 2.59. The largest absolute Gasteiger partial charge is 0.272 e. The first-order chi connectivity index (χ1) is 8.09. The van der Waals surface area contributed by atoms with Gasteiger partial charge in [-0.1, -0.05) is 41.6 Å². The Labute approximate surface area is 112 Å². The Kier molecular flexibility index (Phi) is 3.76. The van der Waals surface area contributed by atoms with E-state index >= 15 is 0 Å². The molecule has 0 atom stereocenters. The van der Waals surface area contributed by atoms with Gasteiger partial charge >= 0.3 is 0 Å². The summed E-state index contributed by atoms with van der Waals surface area (Å²) in [5.74, 6) is -0.448. The van der Waals surface area contributed by atoms with E-state index < -0.39 is 5.82 Å². The van der Waals surface area contributed by atoms with Crippen molar-refractivity contribution in [2.45, 2.75) is 0 Å². The number of hydrazone groups is 1. The van der Waals surface area contributed by atoms with Crippen LogP contribution in [0.3, 0.4) is 0 Å². The Bertz CT molecular complexity index is 485. The minimum absolute atomic E-state index is 0.140. The molecule has 0 saturated carbocycles. The molecule has 1 heterocycles. The number of hydrogen-bond acceptors (Lipinski definition) is 4. The molecule has 0 aliphatic carbocycles. The molecule has 0 aromatic heterocycles. The number of nitrogens with zero attached hydrogens (tertiary/aromatic N) is 2. The van der Waals surface area contributed by atoms with Gasteiger partial charge in [0.05, 0.1) is 17.0 Å². The van der Waals surface area contributed by atoms with Crippen LogP contribution in [0.2, 0.25) is 5.02 Å². The smallest absolute Gasteiger partial charge is 0.259 e. The molecule has 1 aromatic rings. The Morgan fingerprint density at radius 1 is 1.59 bits per heavy atom. The summed E-state index contributed by atoms with van der Waals surface area (Å²) in [6.45, 7) is 0. The second-order valence-corrected chi connectivity index (χ2v) is 5.16. The molecule has 1 aliphatic heterocycles. The first-order valence-electron chi connectivity index (χ1n) is 4.57. The lowest BCUT2D eigenvalue weighted by Crippen LogP contribution is -2.22. The van der Waals surface area contributed by atoms with Crippen LogP contribution in [-0.2, 0) is 4.79 Å². The number of hydrogen-bond donors (Lipinski definition) is 0. The van der Waals surface area contributed by atoms with Crippen molar-refractivity contribution < 1.29 is 9.18 Å². The zero-order valence-corrected chi connectivity index (χ0v) is 10.8. The van der Waals surface area contributed by atoms with E-state index in [1.807, 2.05) is 0 Å². The standard InChI is InChI=1S/C10H6ClFN2OS2/c11-7-2-1-3-8(12)6(7)4-13-14-9(15)5-17-10(14)16/h1-4H,5H2/b13-4-. The number of thiocarbonyl (C=S) groups is 1. The highest BCUT2D eigenvalue weighted by Gasteiger charge is 2.26. The maximum atomic E-state index is 13.4. The van der Waals surface area contributed by atoms with E-state index in [1.165, 1.54) is 30.1 Å². The van der Waals surface area contributed by atoms with Crippen LogP contribution in [0, 0.1) is 5.82 Å². The maximum absolute atomic E-state index is 13.4. The van der Waals surface area contributed by atoms with Crippen molar-refractivity contribution in [3.8, 4) is 0 Å². The summed E-state index contributed by atoms with van der Waals surface area (Å²) < 4.78 is 13.8. The number of halogens is 2. The molecule has 1 saturated heterocycles. The molecule has 17 heavy (non-hydrogen) atoms. The molecular formula is C10H6ClFN2OS2. The number of carbonyl (C=O) groups is 1. The van der Waals surface area contributed by atoms with E-state index in [1.54, 1.807) is 6.07 Å². The number of benzene rings is 1. The normalized spacial score (nSPS) is 16.2. The predicted molar refractivity (Wildman–Crippen MR) is 70.9 cm³/mol. The lowest BCUT2D eigenvalue weighted by molar-refractivity contribution is -0.123. The van der Waals surface area contributed by atoms with Crippen LogP contribution in [0.5, 0.6) is 0 Å². The molecule has 1 fully saturated rings. The second-order valence-electron chi connectivity index (χ2n) is 3.14. The van der Waals surface area contributed by atoms with Crippen molar-refractivity contribution in [1.29, 1.82) is 0 Å². The summed E-state index contributed by atoms with van der Waals surface area (Å²) in [5.41, 5.74) is 0.140. The molecule has 0 N–H and O–H groups in total. The SMILES string of the molecule is O=C1CSC(=S)N1/N=C\c1c(F)cccc1Cl. The van der Waals surface area contributed by atoms with Crippen LogP contribution in [0.4, 0.5) is 4.39 Å². The summed E-state index contributed by atoms with van der Waals surface area (Å²) in [5, 5.41) is 5.16. The van der Waals surface area contributed by atoms with Gasteiger partial charge < -0.3 is 0 Å². The monoisotopic (exact) mass is 288 g/mol. The third kappa shape index (κ3) is 2.65. The van der Waals surface area contributed by atoms with E-state index in [0.717, 1.165) is 5.01 Å². The minimum Gasteiger partial charge on any atom is -0.272 e. The third-order valence-corrected chi connectivity index (χ3v) is 3.70. The molecule has 0 bridgehead atoms. The first-order valence-corrected chi connectivity index (χ1v) is 6.34. The lowest BCUT2D eigenvalue weighted by atomic mass is 10.2. The Balaban J connectivity index is 2.26. The molecule has 0 unspecified atom stereocenters. The average molecular weight is 289 g/mol. The predicted octanol–water partition coefficient (Wildman–Crippen LogP) is 2.67. The fourth-order valence-corrected chi connectivity index (χ4v) is 2.39. The van der Waals surface area contributed by atoms with Crippen molar-refractivity contribution in [1.82, 2.24) is 5.01 Å². The summed E-state index contributed by atoms with van der Waals surface area (Å²) in [4.78, 5) is 11.4. The van der Waals surface area contributed by atoms with Gasteiger partial charge in [-0.3, -0.25) is 4.79 Å². The third-order valence-electron chi connectivity index (χ3n) is 2.03. The Morgan fingerprint density at radius 3 is 2.94 bits per heavy atom. The van der Waals surface area contributed by atoms with Gasteiger partial charge in [-0.05, 0) is 12.1 Å². The van der Waals surface area contributed by atoms with Crippen molar-refractivity contribution in [3.05, 3.63) is 34.6 Å². The number of amides is 1. The van der Waals surface area contributed by atoms with Crippen molar-refractivity contribution in [2.24, 2.45) is 5.10 Å². The van der Waals surface area contributed by atoms with E-state index in [-0.39, 0.29) is 22.2 Å². The topological polar surface area (TPSA) is 32.7 Å². The van der Waals surface area contributed by atoms with Crippen molar-refractivity contribution in [2.75, 3.05) is 5.75 Å². The lowest BCUT2D eigenvalue weighted by Gasteiger charge is -2.07. The first kappa shape index (κ1) is 12.5. The van der Waals surface area contributed by atoms with Crippen LogP contribution < -0.4 is 0 Å². The summed E-state index contributed by atoms with van der Waals surface area (Å²) in [6, 6.07) is 4.31. The molecular weight excluding hydrogens is 283 g/mol. The molecule has 1 amide bonds. The van der Waals surface area contributed by atoms with Gasteiger partial charge in [-0.25, -0.2) is 4.39 Å². The quantitative estimate of drug-likeness (QED) is 0.619. The number of carbonyl (C=O) groups excluding carboxylic acids is 1. The zero-order valence-electron chi connectivity index (χ0n) is 8.39. The van der Waals surface area contributed by atoms with E-state index in [9.17, 15) is 9.18 Å². The van der Waals surface area contributed by atoms with Crippen molar-refractivity contribution in [3.63, 3.8) is 0 Å². The Hall–Kier alpha value is -0.980. The van der Waals surface area contributed by atoms with Gasteiger partial charge in [0.25, 0.3) is 5.91 Å². The van der Waals surface area contributed by atoms with E-state index in [4.69, 9.17) is 23.8 Å². The van der Waals surface area contributed by atoms with Gasteiger partial charge in [-0.2, -0.15) is 10.1 Å². The van der Waals surface area contributed by atoms with Gasteiger partial charge in [0, 0.05) is 5.56 Å². The summed E-state index contributed by atoms with van der Waals surface area (Å²) in [7, 11) is 0. The highest BCUT2D eigenvalue weighted by molar-refractivity contribution is 8.23. The molecule has 88 valence electrons. The van der Waals surface area contributed by atoms with Crippen LogP contribution >= 0.6 is 35.6 Å². The molecule has 0 spiro atoms. The molecule has 2 rings (SSSR count). The fraction of sp³-hybridized carbons (Fsp3) is 0.100. The summed E-state index contributed by atoms with van der Waals surface area (Å²) >= 11 is 12.0. The van der Waals surface area contributed by atoms with Gasteiger partial charge in [0.2, 0.25) is 0 Å². The maximum Gasteiger partial charge on any atom is 0.259 e. The number of rotatable bonds is 2. The van der Waals surface area contributed by atoms with E-state index in [2.05, 4.69) is 5.10 Å². The highest BCUT2D eigenvalue weighted by Crippen LogP contribution is 2.21. The minimum atomic E-state index is -0.494. The zero-order chi connectivity index (χ0) is 12.4. The van der Waals surface area contributed by atoms with Crippen LogP contribution in [-0.4, -0.2) is 27.2 Å². The molecule has 7 heteroatoms. The second kappa shape index (κ2) is 5.12. The number of thioether (sulfide) groups is 1. The van der Waals surface area contributed by atoms with Crippen LogP contribution in [0.15, 0.2) is 23.3 Å². The van der Waals surface area contributed by atoms with Gasteiger partial charge in [0.15, 0.2) is 4.32 Å². The highest BCUT2D eigenvalue weighted by atomic mass is 35.5. The van der Waals surface area contributed by atoms with E-state index in [0.29, 0.717) is 4.32 Å². The fourth-order valence-electron chi connectivity index (χ4n) is 1.21. The molecule has 1 aliphatic rings. The Morgan fingerprint density at radius 2 is 2.35 bits per heavy atom. The molecule has 1 aromatic carbocycles. The van der Waals surface area contributed by atoms with Crippen molar-refractivity contribution >= 4 is 52.0 Å². The van der Waals surface area contributed by atoms with Gasteiger partial charge in [-0.15, -0.1) is 0 Å². The summed E-state index contributed by atoms with van der Waals surface area (Å²) in [6.07, 6.45) is 1.20. The molecule has 3 nitrogen and oxygen atoms in total. The van der Waals surface area contributed by atoms with Gasteiger partial charge in [0.1, 0.15) is 5.82 Å².